The Morgan fingerprint density at radius 3 is 1.97 bits per heavy atom. The number of hydrogen-bond acceptors (Lipinski definition) is 4. The van der Waals surface area contributed by atoms with Crippen molar-refractivity contribution < 1.29 is 47.9 Å². The zero-order valence-electron chi connectivity index (χ0n) is 17.5. The van der Waals surface area contributed by atoms with Gasteiger partial charge in [0.2, 0.25) is 0 Å². The van der Waals surface area contributed by atoms with Crippen molar-refractivity contribution >= 4 is 27.4 Å². The van der Waals surface area contributed by atoms with Gasteiger partial charge in [-0.3, -0.25) is 0 Å². The van der Waals surface area contributed by atoms with Gasteiger partial charge >= 0.3 is 23.3 Å². The van der Waals surface area contributed by atoms with Crippen molar-refractivity contribution in [3.8, 4) is 0 Å². The summed E-state index contributed by atoms with van der Waals surface area (Å²) in [5.74, 6) is -15.2. The van der Waals surface area contributed by atoms with Crippen LogP contribution in [-0.4, -0.2) is 61.5 Å². The fourth-order valence-corrected chi connectivity index (χ4v) is 4.34. The number of nitrogens with two attached hydrogens (primary N) is 1. The lowest BCUT2D eigenvalue weighted by atomic mass is 9.91. The third kappa shape index (κ3) is 6.33. The van der Waals surface area contributed by atoms with Crippen molar-refractivity contribution in [3.63, 3.8) is 0 Å². The highest BCUT2D eigenvalue weighted by atomic mass is 32.2. The first-order chi connectivity index (χ1) is 14.7. The number of nitrogens with one attached hydrogen (secondary N) is 3. The molecular formula is C16H25F9N4O2S2. The van der Waals surface area contributed by atoms with Gasteiger partial charge in [0.1, 0.15) is 0 Å². The SMILES string of the molecule is CC(C)[C@H](CNS(=O)(=O)C(F)(F)C(F)(F)C(F)(F)C(F)(F)F)NC(=S)N[C@@H]1CCCC[C@H]1N. The van der Waals surface area contributed by atoms with Gasteiger partial charge in [0, 0.05) is 24.7 Å². The molecule has 1 fully saturated rings. The summed E-state index contributed by atoms with van der Waals surface area (Å²) in [5.41, 5.74) is 5.95. The van der Waals surface area contributed by atoms with Crippen molar-refractivity contribution in [2.45, 2.75) is 80.9 Å². The first-order valence-corrected chi connectivity index (χ1v) is 11.6. The molecule has 0 unspecified atom stereocenters. The number of halogens is 9. The van der Waals surface area contributed by atoms with Gasteiger partial charge in [-0.1, -0.05) is 26.7 Å². The average molecular weight is 541 g/mol. The molecule has 1 aliphatic carbocycles. The molecule has 0 heterocycles. The maximum absolute atomic E-state index is 13.8. The van der Waals surface area contributed by atoms with E-state index in [9.17, 15) is 47.9 Å². The summed E-state index contributed by atoms with van der Waals surface area (Å²) < 4.78 is 142. The zero-order chi connectivity index (χ0) is 26.0. The van der Waals surface area contributed by atoms with Gasteiger partial charge in [-0.25, -0.2) is 13.1 Å². The molecule has 33 heavy (non-hydrogen) atoms. The number of alkyl halides is 9. The minimum absolute atomic E-state index is 0.0593. The monoisotopic (exact) mass is 540 g/mol. The topological polar surface area (TPSA) is 96.2 Å². The van der Waals surface area contributed by atoms with Crippen LogP contribution in [0.5, 0.6) is 0 Å². The molecule has 3 atom stereocenters. The molecule has 0 amide bonds. The van der Waals surface area contributed by atoms with E-state index < -0.39 is 51.8 Å². The van der Waals surface area contributed by atoms with Crippen LogP contribution in [0.4, 0.5) is 39.5 Å². The van der Waals surface area contributed by atoms with Crippen LogP contribution in [0.1, 0.15) is 39.5 Å². The van der Waals surface area contributed by atoms with Crippen molar-refractivity contribution in [2.75, 3.05) is 6.54 Å². The molecule has 0 spiro atoms. The fraction of sp³-hybridized carbons (Fsp3) is 0.938. The Bertz CT molecular complexity index is 791. The second-order valence-corrected chi connectivity index (χ2v) is 10.3. The Balaban J connectivity index is 2.95. The Morgan fingerprint density at radius 2 is 1.52 bits per heavy atom. The molecule has 1 aliphatic rings. The van der Waals surface area contributed by atoms with Crippen molar-refractivity contribution in [2.24, 2.45) is 11.7 Å². The molecule has 0 saturated heterocycles. The Labute approximate surface area is 190 Å². The maximum Gasteiger partial charge on any atom is 0.460 e. The quantitative estimate of drug-likeness (QED) is 0.265. The van der Waals surface area contributed by atoms with Gasteiger partial charge in [-0.05, 0) is 31.0 Å². The first-order valence-electron chi connectivity index (χ1n) is 9.71. The van der Waals surface area contributed by atoms with Crippen LogP contribution >= 0.6 is 12.2 Å². The number of rotatable bonds is 9. The lowest BCUT2D eigenvalue weighted by molar-refractivity contribution is -0.382. The maximum atomic E-state index is 13.8. The summed E-state index contributed by atoms with van der Waals surface area (Å²) in [6.45, 7) is 1.86. The van der Waals surface area contributed by atoms with E-state index in [0.717, 1.165) is 17.6 Å². The van der Waals surface area contributed by atoms with Gasteiger partial charge in [-0.15, -0.1) is 0 Å². The van der Waals surface area contributed by atoms with Crippen LogP contribution in [0, 0.1) is 5.92 Å². The molecule has 17 heteroatoms. The van der Waals surface area contributed by atoms with E-state index in [1.807, 2.05) is 0 Å². The normalized spacial score (nSPS) is 22.2. The summed E-state index contributed by atoms with van der Waals surface area (Å²) in [6, 6.07) is -1.60. The smallest absolute Gasteiger partial charge is 0.358 e. The molecule has 0 aromatic rings. The van der Waals surface area contributed by atoms with E-state index in [4.69, 9.17) is 18.0 Å². The molecule has 6 nitrogen and oxygen atoms in total. The van der Waals surface area contributed by atoms with Crippen LogP contribution < -0.4 is 21.1 Å². The van der Waals surface area contributed by atoms with Gasteiger partial charge in [0.05, 0.1) is 0 Å². The van der Waals surface area contributed by atoms with Crippen LogP contribution in [0.3, 0.4) is 0 Å². The lowest BCUT2D eigenvalue weighted by Gasteiger charge is -2.34. The third-order valence-electron chi connectivity index (χ3n) is 5.20. The molecule has 1 rings (SSSR count). The standard InChI is InChI=1S/C16H25F9N4O2S2/c1-8(2)11(29-12(32)28-10-6-4-3-5-9(10)26)7-27-33(30,31)16(24,25)14(19,20)13(17,18)15(21,22)23/h8-11,27H,3-7,26H2,1-2H3,(H2,28,29,32)/t9-,10-,11+/m1/s1. The fourth-order valence-electron chi connectivity index (χ4n) is 2.99. The predicted molar refractivity (Wildman–Crippen MR) is 106 cm³/mol. The molecular weight excluding hydrogens is 515 g/mol. The summed E-state index contributed by atoms with van der Waals surface area (Å²) in [7, 11) is -6.70. The Kier molecular flexibility index (Phi) is 9.33. The second kappa shape index (κ2) is 10.3. The minimum atomic E-state index is -7.32. The van der Waals surface area contributed by atoms with Crippen LogP contribution in [0.2, 0.25) is 0 Å². The number of hydrogen-bond donors (Lipinski definition) is 4. The van der Waals surface area contributed by atoms with Crippen molar-refractivity contribution in [3.05, 3.63) is 0 Å². The summed E-state index contributed by atoms with van der Waals surface area (Å²) in [4.78, 5) is 0. The molecule has 0 aliphatic heterocycles. The predicted octanol–water partition coefficient (Wildman–Crippen LogP) is 3.09. The van der Waals surface area contributed by atoms with Gasteiger partial charge < -0.3 is 16.4 Å². The van der Waals surface area contributed by atoms with E-state index >= 15 is 0 Å². The molecule has 0 radical (unpaired) electrons. The van der Waals surface area contributed by atoms with E-state index in [1.54, 1.807) is 0 Å². The summed E-state index contributed by atoms with van der Waals surface area (Å²) in [5, 5.41) is -1.41. The van der Waals surface area contributed by atoms with Crippen LogP contribution in [0.15, 0.2) is 0 Å². The summed E-state index contributed by atoms with van der Waals surface area (Å²) in [6.07, 6.45) is -4.00. The zero-order valence-corrected chi connectivity index (χ0v) is 19.1. The third-order valence-corrected chi connectivity index (χ3v) is 6.92. The number of sulfonamides is 1. The average Bonchev–Trinajstić information content (AvgIpc) is 2.65. The molecule has 5 N–H and O–H groups in total. The highest BCUT2D eigenvalue weighted by molar-refractivity contribution is 7.90. The molecule has 196 valence electrons. The van der Waals surface area contributed by atoms with Gasteiger partial charge in [0.25, 0.3) is 10.0 Å². The first kappa shape index (κ1) is 30.0. The van der Waals surface area contributed by atoms with Gasteiger partial charge in [-0.2, -0.15) is 39.5 Å². The summed E-state index contributed by atoms with van der Waals surface area (Å²) >= 11 is 5.07. The molecule has 0 aromatic carbocycles. The van der Waals surface area contributed by atoms with Crippen molar-refractivity contribution in [1.82, 2.24) is 15.4 Å². The Morgan fingerprint density at radius 1 is 1.00 bits per heavy atom. The van der Waals surface area contributed by atoms with E-state index in [-0.39, 0.29) is 17.2 Å². The Hall–Kier alpha value is -1.07. The minimum Gasteiger partial charge on any atom is -0.358 e. The molecule has 0 bridgehead atoms. The highest BCUT2D eigenvalue weighted by Gasteiger charge is 2.85. The molecule has 0 aromatic heterocycles. The van der Waals surface area contributed by atoms with E-state index in [0.29, 0.717) is 12.8 Å². The second-order valence-electron chi connectivity index (χ2n) is 8.04. The molecule has 1 saturated carbocycles. The van der Waals surface area contributed by atoms with Crippen LogP contribution in [-0.2, 0) is 10.0 Å². The highest BCUT2D eigenvalue weighted by Crippen LogP contribution is 2.54. The van der Waals surface area contributed by atoms with Gasteiger partial charge in [0.15, 0.2) is 5.11 Å². The van der Waals surface area contributed by atoms with Crippen molar-refractivity contribution in [1.29, 1.82) is 0 Å². The number of thiocarbonyl (C=S) groups is 1. The van der Waals surface area contributed by atoms with Crippen LogP contribution in [0.25, 0.3) is 0 Å². The van der Waals surface area contributed by atoms with E-state index in [2.05, 4.69) is 10.6 Å². The lowest BCUT2D eigenvalue weighted by Crippen LogP contribution is -2.65. The van der Waals surface area contributed by atoms with E-state index in [1.165, 1.54) is 13.8 Å². The largest absolute Gasteiger partial charge is 0.460 e.